The average molecular weight is 289 g/mol. The van der Waals surface area contributed by atoms with Gasteiger partial charge in [-0.3, -0.25) is 0 Å². The quantitative estimate of drug-likeness (QED) is 0.830. The van der Waals surface area contributed by atoms with Crippen LogP contribution in [0.5, 0.6) is 5.75 Å². The molecule has 1 aromatic rings. The summed E-state index contributed by atoms with van der Waals surface area (Å²) in [7, 11) is 0. The van der Waals surface area contributed by atoms with Crippen LogP contribution in [-0.2, 0) is 4.74 Å². The van der Waals surface area contributed by atoms with Gasteiger partial charge in [-0.2, -0.15) is 0 Å². The maximum Gasteiger partial charge on any atom is 0.120 e. The molecular formula is C18H27NO2. The highest BCUT2D eigenvalue weighted by Crippen LogP contribution is 2.34. The highest BCUT2D eigenvalue weighted by Gasteiger charge is 2.30. The second-order valence-corrected chi connectivity index (χ2v) is 6.46. The molecule has 3 heteroatoms. The Balaban J connectivity index is 1.74. The van der Waals surface area contributed by atoms with Gasteiger partial charge in [-0.05, 0) is 56.8 Å². The van der Waals surface area contributed by atoms with E-state index in [0.29, 0.717) is 24.2 Å². The van der Waals surface area contributed by atoms with Crippen LogP contribution in [0.25, 0.3) is 0 Å². The maximum atomic E-state index is 5.95. The molecular weight excluding hydrogens is 262 g/mol. The molecule has 0 amide bonds. The molecule has 1 saturated heterocycles. The molecule has 3 unspecified atom stereocenters. The molecule has 3 atom stereocenters. The summed E-state index contributed by atoms with van der Waals surface area (Å²) >= 11 is 0. The van der Waals surface area contributed by atoms with Crippen LogP contribution in [0.15, 0.2) is 24.3 Å². The van der Waals surface area contributed by atoms with Crippen molar-refractivity contribution in [3.63, 3.8) is 0 Å². The second-order valence-electron chi connectivity index (χ2n) is 6.46. The molecule has 1 N–H and O–H groups in total. The molecule has 0 bridgehead atoms. The highest BCUT2D eigenvalue weighted by molar-refractivity contribution is 5.31. The fourth-order valence-electron chi connectivity index (χ4n) is 3.10. The van der Waals surface area contributed by atoms with Crippen LogP contribution in [0.4, 0.5) is 0 Å². The number of hydrogen-bond donors (Lipinski definition) is 1. The lowest BCUT2D eigenvalue weighted by Crippen LogP contribution is -2.29. The molecule has 1 heterocycles. The lowest BCUT2D eigenvalue weighted by molar-refractivity contribution is 0.117. The van der Waals surface area contributed by atoms with Gasteiger partial charge in [0.05, 0.1) is 18.8 Å². The van der Waals surface area contributed by atoms with Gasteiger partial charge in [0.1, 0.15) is 5.75 Å². The lowest BCUT2D eigenvalue weighted by atomic mass is 9.90. The molecule has 21 heavy (non-hydrogen) atoms. The van der Waals surface area contributed by atoms with Gasteiger partial charge in [0, 0.05) is 12.0 Å². The zero-order chi connectivity index (χ0) is 14.7. The van der Waals surface area contributed by atoms with E-state index in [0.717, 1.165) is 31.7 Å². The van der Waals surface area contributed by atoms with E-state index in [4.69, 9.17) is 9.47 Å². The van der Waals surface area contributed by atoms with E-state index < -0.39 is 0 Å². The summed E-state index contributed by atoms with van der Waals surface area (Å²) in [5.74, 6) is 1.58. The van der Waals surface area contributed by atoms with Gasteiger partial charge < -0.3 is 14.8 Å². The normalized spacial score (nSPS) is 26.8. The van der Waals surface area contributed by atoms with Gasteiger partial charge in [0.25, 0.3) is 0 Å². The molecule has 2 fully saturated rings. The van der Waals surface area contributed by atoms with E-state index in [9.17, 15) is 0 Å². The summed E-state index contributed by atoms with van der Waals surface area (Å²) in [5, 5.41) is 3.71. The van der Waals surface area contributed by atoms with Crippen molar-refractivity contribution in [2.75, 3.05) is 13.2 Å². The van der Waals surface area contributed by atoms with Crippen molar-refractivity contribution in [2.24, 2.45) is 5.92 Å². The standard InChI is InChI=1S/C18H27NO2/c1-3-9-19-18(15-10-13(2)20-12-15)14-5-4-6-17(11-14)21-16-7-8-16/h4-6,11,13,15-16,18-19H,3,7-10,12H2,1-2H3. The first-order valence-corrected chi connectivity index (χ1v) is 8.38. The van der Waals surface area contributed by atoms with Crippen molar-refractivity contribution in [1.82, 2.24) is 5.32 Å². The number of rotatable bonds is 7. The summed E-state index contributed by atoms with van der Waals surface area (Å²) in [4.78, 5) is 0. The first-order chi connectivity index (χ1) is 10.3. The molecule has 3 nitrogen and oxygen atoms in total. The molecule has 2 aliphatic rings. The van der Waals surface area contributed by atoms with E-state index in [-0.39, 0.29) is 0 Å². The molecule has 1 saturated carbocycles. The summed E-state index contributed by atoms with van der Waals surface area (Å²) in [6.45, 7) is 6.29. The SMILES string of the molecule is CCCNC(c1cccc(OC2CC2)c1)C1COC(C)C1. The Morgan fingerprint density at radius 1 is 1.38 bits per heavy atom. The number of ether oxygens (including phenoxy) is 2. The smallest absolute Gasteiger partial charge is 0.120 e. The minimum Gasteiger partial charge on any atom is -0.490 e. The van der Waals surface area contributed by atoms with Crippen molar-refractivity contribution in [3.8, 4) is 5.75 Å². The van der Waals surface area contributed by atoms with Crippen molar-refractivity contribution in [2.45, 2.75) is 57.8 Å². The third-order valence-electron chi connectivity index (χ3n) is 4.36. The van der Waals surface area contributed by atoms with Gasteiger partial charge >= 0.3 is 0 Å². The maximum absolute atomic E-state index is 5.95. The molecule has 0 radical (unpaired) electrons. The minimum atomic E-state index is 0.373. The zero-order valence-corrected chi connectivity index (χ0v) is 13.2. The van der Waals surface area contributed by atoms with Crippen molar-refractivity contribution < 1.29 is 9.47 Å². The Morgan fingerprint density at radius 2 is 2.24 bits per heavy atom. The van der Waals surface area contributed by atoms with Gasteiger partial charge in [0.2, 0.25) is 0 Å². The lowest BCUT2D eigenvalue weighted by Gasteiger charge is -2.25. The largest absolute Gasteiger partial charge is 0.490 e. The summed E-state index contributed by atoms with van der Waals surface area (Å²) < 4.78 is 11.7. The summed E-state index contributed by atoms with van der Waals surface area (Å²) in [6, 6.07) is 9.00. The first kappa shape index (κ1) is 14.9. The molecule has 1 aliphatic heterocycles. The van der Waals surface area contributed by atoms with E-state index in [1.54, 1.807) is 0 Å². The Morgan fingerprint density at radius 3 is 2.90 bits per heavy atom. The van der Waals surface area contributed by atoms with Crippen molar-refractivity contribution in [1.29, 1.82) is 0 Å². The first-order valence-electron chi connectivity index (χ1n) is 8.38. The zero-order valence-electron chi connectivity index (χ0n) is 13.2. The monoisotopic (exact) mass is 289 g/mol. The number of nitrogens with one attached hydrogen (secondary N) is 1. The van der Waals surface area contributed by atoms with Crippen LogP contribution in [-0.4, -0.2) is 25.4 Å². The van der Waals surface area contributed by atoms with Gasteiger partial charge in [-0.25, -0.2) is 0 Å². The highest BCUT2D eigenvalue weighted by atomic mass is 16.5. The van der Waals surface area contributed by atoms with Gasteiger partial charge in [0.15, 0.2) is 0 Å². The molecule has 1 aromatic carbocycles. The van der Waals surface area contributed by atoms with Crippen LogP contribution in [0.1, 0.15) is 51.1 Å². The van der Waals surface area contributed by atoms with Crippen LogP contribution in [0, 0.1) is 5.92 Å². The van der Waals surface area contributed by atoms with E-state index in [1.807, 2.05) is 0 Å². The Hall–Kier alpha value is -1.06. The third kappa shape index (κ3) is 3.98. The number of benzene rings is 1. The minimum absolute atomic E-state index is 0.373. The van der Waals surface area contributed by atoms with Crippen molar-refractivity contribution in [3.05, 3.63) is 29.8 Å². The van der Waals surface area contributed by atoms with Crippen LogP contribution in [0.2, 0.25) is 0 Å². The molecule has 1 aliphatic carbocycles. The average Bonchev–Trinajstić information content (AvgIpc) is 3.19. The predicted molar refractivity (Wildman–Crippen MR) is 84.6 cm³/mol. The topological polar surface area (TPSA) is 30.5 Å². The van der Waals surface area contributed by atoms with E-state index >= 15 is 0 Å². The summed E-state index contributed by atoms with van der Waals surface area (Å²) in [5.41, 5.74) is 1.34. The van der Waals surface area contributed by atoms with Gasteiger partial charge in [-0.1, -0.05) is 19.1 Å². The second kappa shape index (κ2) is 6.80. The molecule has 116 valence electrons. The van der Waals surface area contributed by atoms with Crippen molar-refractivity contribution >= 4 is 0 Å². The third-order valence-corrected chi connectivity index (χ3v) is 4.36. The van der Waals surface area contributed by atoms with Crippen LogP contribution in [0.3, 0.4) is 0 Å². The Bertz CT molecular complexity index is 458. The predicted octanol–water partition coefficient (Wildman–Crippen LogP) is 3.69. The van der Waals surface area contributed by atoms with E-state index in [2.05, 4.69) is 43.4 Å². The molecule has 3 rings (SSSR count). The van der Waals surface area contributed by atoms with Crippen LogP contribution < -0.4 is 10.1 Å². The number of hydrogen-bond acceptors (Lipinski definition) is 3. The summed E-state index contributed by atoms with van der Waals surface area (Å²) in [6.07, 6.45) is 5.53. The van der Waals surface area contributed by atoms with Gasteiger partial charge in [-0.15, -0.1) is 0 Å². The molecule has 0 aromatic heterocycles. The Labute approximate surface area is 128 Å². The van der Waals surface area contributed by atoms with E-state index in [1.165, 1.54) is 18.4 Å². The Kier molecular flexibility index (Phi) is 4.81. The fourth-order valence-corrected chi connectivity index (χ4v) is 3.10. The van der Waals surface area contributed by atoms with Crippen LogP contribution >= 0.6 is 0 Å². The molecule has 0 spiro atoms. The fraction of sp³-hybridized carbons (Fsp3) is 0.667.